The molecule has 3 N–H and O–H groups in total. The molecule has 0 saturated carbocycles. The Bertz CT molecular complexity index is 993. The van der Waals surface area contributed by atoms with Crippen molar-refractivity contribution in [1.82, 2.24) is 15.1 Å². The second-order valence-corrected chi connectivity index (χ2v) is 6.59. The van der Waals surface area contributed by atoms with Crippen molar-refractivity contribution in [3.8, 4) is 5.69 Å². The fourth-order valence-corrected chi connectivity index (χ4v) is 3.45. The Hall–Kier alpha value is -3.20. The van der Waals surface area contributed by atoms with Gasteiger partial charge in [-0.15, -0.1) is 11.3 Å². The molecule has 0 fully saturated rings. The second kappa shape index (κ2) is 6.96. The molecule has 3 aromatic rings. The highest BCUT2D eigenvalue weighted by atomic mass is 32.1. The van der Waals surface area contributed by atoms with Crippen molar-refractivity contribution in [3.05, 3.63) is 47.0 Å². The number of thiophene rings is 1. The summed E-state index contributed by atoms with van der Waals surface area (Å²) in [4.78, 5) is 35.8. The summed E-state index contributed by atoms with van der Waals surface area (Å²) in [5.74, 6) is -1.43. The molecule has 8 nitrogen and oxygen atoms in total. The van der Waals surface area contributed by atoms with Gasteiger partial charge < -0.3 is 10.5 Å². The van der Waals surface area contributed by atoms with Crippen LogP contribution in [-0.2, 0) is 9.53 Å². The third-order valence-corrected chi connectivity index (χ3v) is 4.74. The highest BCUT2D eigenvalue weighted by molar-refractivity contribution is 7.20. The number of carbonyl (C=O) groups is 3. The SMILES string of the molecule is Cc1nn(-c2ccccc2)c2sc(C(=O)O[C@@H](C)C(=O)NC(N)=O)cc12. The van der Waals surface area contributed by atoms with E-state index in [-0.39, 0.29) is 0 Å². The van der Waals surface area contributed by atoms with Crippen LogP contribution in [0.2, 0.25) is 0 Å². The first-order valence-corrected chi connectivity index (χ1v) is 8.54. The summed E-state index contributed by atoms with van der Waals surface area (Å²) in [6, 6.07) is 10.2. The molecule has 9 heteroatoms. The van der Waals surface area contributed by atoms with E-state index in [0.29, 0.717) is 4.88 Å². The normalized spacial score (nSPS) is 11.9. The first-order valence-electron chi connectivity index (χ1n) is 7.72. The summed E-state index contributed by atoms with van der Waals surface area (Å²) in [5, 5.41) is 7.21. The van der Waals surface area contributed by atoms with E-state index in [4.69, 9.17) is 10.5 Å². The number of fused-ring (bicyclic) bond motifs is 1. The smallest absolute Gasteiger partial charge is 0.349 e. The quantitative estimate of drug-likeness (QED) is 0.681. The number of aryl methyl sites for hydroxylation is 1. The Labute approximate surface area is 152 Å². The summed E-state index contributed by atoms with van der Waals surface area (Å²) in [5.41, 5.74) is 6.53. The largest absolute Gasteiger partial charge is 0.448 e. The van der Waals surface area contributed by atoms with Gasteiger partial charge in [0.05, 0.1) is 11.4 Å². The van der Waals surface area contributed by atoms with Crippen LogP contribution in [0.15, 0.2) is 36.4 Å². The highest BCUT2D eigenvalue weighted by Gasteiger charge is 2.23. The van der Waals surface area contributed by atoms with Crippen LogP contribution >= 0.6 is 11.3 Å². The molecule has 0 radical (unpaired) electrons. The van der Waals surface area contributed by atoms with E-state index in [1.165, 1.54) is 18.3 Å². The van der Waals surface area contributed by atoms with Gasteiger partial charge in [0, 0.05) is 5.39 Å². The molecule has 3 amide bonds. The topological polar surface area (TPSA) is 116 Å². The van der Waals surface area contributed by atoms with Gasteiger partial charge in [-0.2, -0.15) is 5.10 Å². The molecule has 134 valence electrons. The van der Waals surface area contributed by atoms with Crippen LogP contribution in [-0.4, -0.2) is 33.8 Å². The van der Waals surface area contributed by atoms with Crippen molar-refractivity contribution in [2.45, 2.75) is 20.0 Å². The minimum absolute atomic E-state index is 0.337. The number of imide groups is 1. The molecule has 2 aromatic heterocycles. The molecular formula is C17H16N4O4S. The number of nitrogens with zero attached hydrogens (tertiary/aromatic N) is 2. The standard InChI is InChI=1S/C17H16N4O4S/c1-9-12-8-13(16(23)25-10(2)14(22)19-17(18)24)26-15(12)21(20-9)11-6-4-3-5-7-11/h3-8,10H,1-2H3,(H3,18,19,22,24)/t10-/m0/s1. The van der Waals surface area contributed by atoms with Gasteiger partial charge in [0.1, 0.15) is 9.71 Å². The van der Waals surface area contributed by atoms with Crippen molar-refractivity contribution >= 4 is 39.5 Å². The maximum absolute atomic E-state index is 12.3. The van der Waals surface area contributed by atoms with Crippen molar-refractivity contribution in [2.75, 3.05) is 0 Å². The van der Waals surface area contributed by atoms with E-state index < -0.39 is 24.0 Å². The van der Waals surface area contributed by atoms with Gasteiger partial charge in [0.15, 0.2) is 6.10 Å². The number of hydrogen-bond donors (Lipinski definition) is 2. The third-order valence-electron chi connectivity index (χ3n) is 3.65. The van der Waals surface area contributed by atoms with Crippen LogP contribution in [0.4, 0.5) is 4.79 Å². The lowest BCUT2D eigenvalue weighted by Crippen LogP contribution is -2.42. The van der Waals surface area contributed by atoms with E-state index in [0.717, 1.165) is 21.6 Å². The van der Waals surface area contributed by atoms with E-state index in [1.54, 1.807) is 10.7 Å². The number of nitrogens with two attached hydrogens (primary N) is 1. The summed E-state index contributed by atoms with van der Waals surface area (Å²) in [7, 11) is 0. The maximum atomic E-state index is 12.3. The van der Waals surface area contributed by atoms with Gasteiger partial charge in [0.25, 0.3) is 5.91 Å². The first-order chi connectivity index (χ1) is 12.4. The molecule has 26 heavy (non-hydrogen) atoms. The Balaban J connectivity index is 1.86. The summed E-state index contributed by atoms with van der Waals surface area (Å²) in [6.45, 7) is 3.22. The van der Waals surface area contributed by atoms with Gasteiger partial charge in [-0.05, 0) is 32.0 Å². The number of nitrogens with one attached hydrogen (secondary N) is 1. The van der Waals surface area contributed by atoms with Crippen molar-refractivity contribution in [2.24, 2.45) is 5.73 Å². The minimum atomic E-state index is -1.15. The van der Waals surface area contributed by atoms with Crippen LogP contribution in [0, 0.1) is 6.92 Å². The average Bonchev–Trinajstić information content (AvgIpc) is 3.16. The van der Waals surface area contributed by atoms with Gasteiger partial charge in [-0.3, -0.25) is 10.1 Å². The molecule has 0 bridgehead atoms. The number of para-hydroxylation sites is 1. The monoisotopic (exact) mass is 372 g/mol. The predicted molar refractivity (Wildman–Crippen MR) is 96.3 cm³/mol. The van der Waals surface area contributed by atoms with Crippen LogP contribution in [0.1, 0.15) is 22.3 Å². The zero-order valence-electron chi connectivity index (χ0n) is 14.1. The lowest BCUT2D eigenvalue weighted by molar-refractivity contribution is -0.127. The molecule has 0 spiro atoms. The molecule has 0 aliphatic carbocycles. The Morgan fingerprint density at radius 2 is 1.96 bits per heavy atom. The van der Waals surface area contributed by atoms with Crippen LogP contribution < -0.4 is 11.1 Å². The van der Waals surface area contributed by atoms with Crippen molar-refractivity contribution < 1.29 is 19.1 Å². The minimum Gasteiger partial charge on any atom is -0.448 e. The highest BCUT2D eigenvalue weighted by Crippen LogP contribution is 2.30. The molecule has 1 atom stereocenters. The number of ether oxygens (including phenoxy) is 1. The summed E-state index contributed by atoms with van der Waals surface area (Å²) >= 11 is 1.22. The number of amides is 3. The van der Waals surface area contributed by atoms with Gasteiger partial charge in [-0.1, -0.05) is 18.2 Å². The number of hydrogen-bond acceptors (Lipinski definition) is 6. The fraction of sp³-hybridized carbons (Fsp3) is 0.176. The van der Waals surface area contributed by atoms with Crippen LogP contribution in [0.25, 0.3) is 15.9 Å². The predicted octanol–water partition coefficient (Wildman–Crippen LogP) is 2.14. The first kappa shape index (κ1) is 17.6. The summed E-state index contributed by atoms with van der Waals surface area (Å²) in [6.07, 6.45) is -1.15. The number of carbonyl (C=O) groups excluding carboxylic acids is 3. The van der Waals surface area contributed by atoms with E-state index in [2.05, 4.69) is 5.10 Å². The lowest BCUT2D eigenvalue weighted by Gasteiger charge is -2.10. The van der Waals surface area contributed by atoms with E-state index in [1.807, 2.05) is 42.6 Å². The number of rotatable bonds is 4. The van der Waals surface area contributed by atoms with E-state index >= 15 is 0 Å². The lowest BCUT2D eigenvalue weighted by atomic mass is 10.3. The fourth-order valence-electron chi connectivity index (χ4n) is 2.39. The van der Waals surface area contributed by atoms with Crippen molar-refractivity contribution in [3.63, 3.8) is 0 Å². The van der Waals surface area contributed by atoms with Gasteiger partial charge in [-0.25, -0.2) is 14.3 Å². The number of benzene rings is 1. The Morgan fingerprint density at radius 3 is 2.62 bits per heavy atom. The molecule has 0 unspecified atom stereocenters. The Kier molecular flexibility index (Phi) is 4.72. The molecule has 0 saturated heterocycles. The number of primary amides is 1. The molecular weight excluding hydrogens is 356 g/mol. The zero-order valence-corrected chi connectivity index (χ0v) is 14.9. The van der Waals surface area contributed by atoms with Crippen molar-refractivity contribution in [1.29, 1.82) is 0 Å². The molecule has 0 aliphatic rings. The average molecular weight is 372 g/mol. The molecule has 0 aliphatic heterocycles. The summed E-state index contributed by atoms with van der Waals surface area (Å²) < 4.78 is 6.86. The zero-order chi connectivity index (χ0) is 18.8. The van der Waals surface area contributed by atoms with Gasteiger partial charge >= 0.3 is 12.0 Å². The molecule has 1 aromatic carbocycles. The number of esters is 1. The number of aromatic nitrogens is 2. The Morgan fingerprint density at radius 1 is 1.27 bits per heavy atom. The maximum Gasteiger partial charge on any atom is 0.349 e. The molecule has 2 heterocycles. The second-order valence-electron chi connectivity index (χ2n) is 5.56. The number of urea groups is 1. The third kappa shape index (κ3) is 3.42. The van der Waals surface area contributed by atoms with E-state index in [9.17, 15) is 14.4 Å². The van der Waals surface area contributed by atoms with Crippen LogP contribution in [0.5, 0.6) is 0 Å². The van der Waals surface area contributed by atoms with Crippen LogP contribution in [0.3, 0.4) is 0 Å². The molecule has 3 rings (SSSR count). The van der Waals surface area contributed by atoms with Gasteiger partial charge in [0.2, 0.25) is 0 Å².